The van der Waals surface area contributed by atoms with Crippen LogP contribution in [-0.4, -0.2) is 118 Å². The summed E-state index contributed by atoms with van der Waals surface area (Å²) < 4.78 is 13.2. The Bertz CT molecular complexity index is 3110. The quantitative estimate of drug-likeness (QED) is 0.0323. The van der Waals surface area contributed by atoms with E-state index >= 15 is 0 Å². The molecule has 7 amide bonds. The van der Waals surface area contributed by atoms with Gasteiger partial charge in [-0.05, 0) is 96.3 Å². The van der Waals surface area contributed by atoms with E-state index in [4.69, 9.17) is 32.5 Å². The van der Waals surface area contributed by atoms with Crippen LogP contribution in [0.4, 0.5) is 31.4 Å². The van der Waals surface area contributed by atoms with Crippen molar-refractivity contribution in [2.45, 2.75) is 58.6 Å². The van der Waals surface area contributed by atoms with Gasteiger partial charge in [0.25, 0.3) is 11.8 Å². The first kappa shape index (κ1) is 54.5. The van der Waals surface area contributed by atoms with Gasteiger partial charge in [-0.2, -0.15) is 0 Å². The summed E-state index contributed by atoms with van der Waals surface area (Å²) in [5.41, 5.74) is 16.0. The number of phenolic OH excluding ortho intramolecular Hbond substituents is 1. The molecule has 3 heterocycles. The first-order chi connectivity index (χ1) is 35.8. The highest BCUT2D eigenvalue weighted by Crippen LogP contribution is 2.47. The van der Waals surface area contributed by atoms with Gasteiger partial charge in [-0.15, -0.1) is 11.6 Å². The number of nitrogens with two attached hydrogens (primary N) is 2. The highest BCUT2D eigenvalue weighted by atomic mass is 35.5. The number of primary amides is 1. The van der Waals surface area contributed by atoms with Gasteiger partial charge in [0, 0.05) is 99.5 Å². The summed E-state index contributed by atoms with van der Waals surface area (Å²) >= 11 is 6.59. The molecule has 6 aromatic rings. The molecule has 0 saturated carbocycles. The number of aromatic nitrogens is 2. The van der Waals surface area contributed by atoms with Gasteiger partial charge in [0.2, 0.25) is 5.91 Å². The molecule has 7 rings (SSSR count). The van der Waals surface area contributed by atoms with Crippen molar-refractivity contribution in [3.63, 3.8) is 0 Å². The number of carbonyl (C=O) groups excluding carboxylic acids is 7. The van der Waals surface area contributed by atoms with Crippen LogP contribution in [0.3, 0.4) is 0 Å². The Labute approximate surface area is 438 Å². The lowest BCUT2D eigenvalue weighted by Crippen LogP contribution is -2.38. The Balaban J connectivity index is 0.958. The van der Waals surface area contributed by atoms with E-state index in [9.17, 15) is 38.7 Å². The maximum atomic E-state index is 14.4. The van der Waals surface area contributed by atoms with E-state index in [1.807, 2.05) is 39.0 Å². The van der Waals surface area contributed by atoms with Gasteiger partial charge in [-0.3, -0.25) is 19.2 Å². The number of ether oxygens (including phenoxy) is 2. The molecule has 0 radical (unpaired) electrons. The molecule has 4 aromatic carbocycles. The molecule has 2 aromatic heterocycles. The van der Waals surface area contributed by atoms with Gasteiger partial charge in [0.15, 0.2) is 5.78 Å². The third kappa shape index (κ3) is 13.3. The number of pyridine rings is 1. The fourth-order valence-electron chi connectivity index (χ4n) is 8.69. The minimum Gasteiger partial charge on any atom is -0.508 e. The molecular formula is C54H61ClN10O10. The summed E-state index contributed by atoms with van der Waals surface area (Å²) in [6, 6.07) is 21.8. The number of imidazole rings is 1. The summed E-state index contributed by atoms with van der Waals surface area (Å²) in [5.74, 6) is -1.98. The number of ketones is 1. The van der Waals surface area contributed by atoms with Crippen molar-refractivity contribution in [2.75, 3.05) is 61.7 Å². The maximum Gasteiger partial charge on any atom is 0.415 e. The van der Waals surface area contributed by atoms with Crippen LogP contribution in [0.15, 0.2) is 97.3 Å². The second-order valence-corrected chi connectivity index (χ2v) is 19.2. The molecule has 21 heteroatoms. The smallest absolute Gasteiger partial charge is 0.415 e. The number of aromatic hydroxyl groups is 1. The number of Topliss-reactive ketones (excluding diaryl/α,β-unsaturated/α-hetero) is 1. The molecule has 0 fully saturated rings. The zero-order valence-electron chi connectivity index (χ0n) is 42.3. The summed E-state index contributed by atoms with van der Waals surface area (Å²) in [4.78, 5) is 100. The highest BCUT2D eigenvalue weighted by molar-refractivity contribution is 6.19. The molecule has 394 valence electrons. The number of phenols is 1. The van der Waals surface area contributed by atoms with Crippen molar-refractivity contribution in [2.24, 2.45) is 23.3 Å². The lowest BCUT2D eigenvalue weighted by atomic mass is 9.90. The number of urea groups is 1. The molecule has 3 atom stereocenters. The number of anilines is 3. The molecule has 0 saturated heterocycles. The third-order valence-electron chi connectivity index (χ3n) is 13.1. The number of nitrogens with one attached hydrogen (secondary N) is 3. The van der Waals surface area contributed by atoms with E-state index in [-0.39, 0.29) is 91.7 Å². The Morgan fingerprint density at radius 2 is 1.59 bits per heavy atom. The SMILES string of the molecule is Cc1cccc2c(OC(=O)N(C)CCN(C)C(=O)OCc3ccc(NC(=O)[C@H](CCCNC(N)=O)CC(=O)[C@@H](N)C(C)C)cc3)cc3c(c12)[C@H](CCl)CN3C(=O)c1cn2cc(NC(=O)c3ccc(O)cc3)ccc2n1. The van der Waals surface area contributed by atoms with Crippen LogP contribution in [0.2, 0.25) is 0 Å². The van der Waals surface area contributed by atoms with Crippen LogP contribution >= 0.6 is 11.6 Å². The summed E-state index contributed by atoms with van der Waals surface area (Å²) in [5, 5.41) is 19.2. The zero-order valence-corrected chi connectivity index (χ0v) is 43.1. The molecule has 1 aliphatic heterocycles. The average molecular weight is 1050 g/mol. The van der Waals surface area contributed by atoms with Crippen molar-refractivity contribution < 1.29 is 48.1 Å². The first-order valence-corrected chi connectivity index (χ1v) is 24.9. The average Bonchev–Trinajstić information content (AvgIpc) is 3.99. The van der Waals surface area contributed by atoms with E-state index < -0.39 is 36.1 Å². The lowest BCUT2D eigenvalue weighted by molar-refractivity contribution is -0.127. The van der Waals surface area contributed by atoms with Crippen molar-refractivity contribution in [3.05, 3.63) is 125 Å². The highest BCUT2D eigenvalue weighted by Gasteiger charge is 2.37. The lowest BCUT2D eigenvalue weighted by Gasteiger charge is -2.23. The molecule has 0 spiro atoms. The predicted octanol–water partition coefficient (Wildman–Crippen LogP) is 7.38. The molecule has 0 aliphatic carbocycles. The second kappa shape index (κ2) is 24.2. The number of hydrogen-bond acceptors (Lipinski definition) is 12. The number of fused-ring (bicyclic) bond motifs is 4. The fraction of sp³-hybridized carbons (Fsp3) is 0.333. The first-order valence-electron chi connectivity index (χ1n) is 24.4. The summed E-state index contributed by atoms with van der Waals surface area (Å²) in [6.45, 7) is 6.18. The standard InChI is InChI=1S/C54H61ClN10O10/c1-31(2)48(56)43(67)24-35(9-7-21-58-52(57)71)50(69)59-37-15-11-33(12-16-37)30-74-53(72)62(4)22-23-63(5)54(73)75-44-25-42-47(46-32(3)8-6-10-40(44)46)36(26-55)27-65(42)51(70)41-29-64-28-38(17-20-45(64)61-41)60-49(68)34-13-18-39(66)19-14-34/h6,8,10-20,25,28-29,31,35-36,48,66H,7,9,21-24,26-27,30,56H2,1-5H3,(H,59,69)(H,60,68)(H3,57,58,71)/t35-,36-,48+/m1/s1. The Morgan fingerprint density at radius 3 is 2.27 bits per heavy atom. The van der Waals surface area contributed by atoms with Gasteiger partial charge in [-0.25, -0.2) is 19.4 Å². The van der Waals surface area contributed by atoms with Gasteiger partial charge in [0.1, 0.15) is 29.4 Å². The number of carbonyl (C=O) groups is 7. The number of likely N-dealkylation sites (N-methyl/N-ethyl adjacent to an activating group) is 2. The summed E-state index contributed by atoms with van der Waals surface area (Å²) in [6.07, 6.45) is 2.54. The molecule has 75 heavy (non-hydrogen) atoms. The molecule has 20 nitrogen and oxygen atoms in total. The van der Waals surface area contributed by atoms with E-state index in [1.54, 1.807) is 64.2 Å². The summed E-state index contributed by atoms with van der Waals surface area (Å²) in [7, 11) is 3.08. The Kier molecular flexibility index (Phi) is 17.6. The van der Waals surface area contributed by atoms with Crippen LogP contribution in [0.1, 0.15) is 76.6 Å². The number of nitrogens with zero attached hydrogens (tertiary/aromatic N) is 5. The van der Waals surface area contributed by atoms with Gasteiger partial charge in [0.05, 0.1) is 17.4 Å². The molecule has 8 N–H and O–H groups in total. The molecular weight excluding hydrogens is 984 g/mol. The Morgan fingerprint density at radius 1 is 0.893 bits per heavy atom. The number of rotatable bonds is 20. The number of hydrogen-bond donors (Lipinski definition) is 6. The number of benzene rings is 4. The number of halogens is 1. The minimum absolute atomic E-state index is 0.0392. The predicted molar refractivity (Wildman–Crippen MR) is 284 cm³/mol. The van der Waals surface area contributed by atoms with Crippen molar-refractivity contribution in [1.82, 2.24) is 24.5 Å². The van der Waals surface area contributed by atoms with E-state index in [0.29, 0.717) is 52.1 Å². The largest absolute Gasteiger partial charge is 0.508 e. The second-order valence-electron chi connectivity index (χ2n) is 18.9. The zero-order chi connectivity index (χ0) is 54.1. The van der Waals surface area contributed by atoms with Crippen LogP contribution in [-0.2, 0) is 20.9 Å². The number of alkyl halides is 1. The van der Waals surface area contributed by atoms with E-state index in [0.717, 1.165) is 16.5 Å². The van der Waals surface area contributed by atoms with Gasteiger partial charge in [-0.1, -0.05) is 44.2 Å². The van der Waals surface area contributed by atoms with Crippen LogP contribution in [0, 0.1) is 18.8 Å². The monoisotopic (exact) mass is 1040 g/mol. The maximum absolute atomic E-state index is 14.4. The molecule has 0 bridgehead atoms. The minimum atomic E-state index is -0.714. The fourth-order valence-corrected chi connectivity index (χ4v) is 8.94. The normalized spacial score (nSPS) is 13.7. The van der Waals surface area contributed by atoms with E-state index in [2.05, 4.69) is 20.9 Å². The van der Waals surface area contributed by atoms with Crippen LogP contribution in [0.25, 0.3) is 16.4 Å². The van der Waals surface area contributed by atoms with Gasteiger partial charge >= 0.3 is 18.2 Å². The molecule has 0 unspecified atom stereocenters. The Hall–Kier alpha value is -8.23. The van der Waals surface area contributed by atoms with Crippen LogP contribution < -0.4 is 37.1 Å². The molecule has 1 aliphatic rings. The van der Waals surface area contributed by atoms with Crippen molar-refractivity contribution in [1.29, 1.82) is 0 Å². The topological polar surface area (TPSA) is 273 Å². The third-order valence-corrected chi connectivity index (χ3v) is 13.4. The number of aryl methyl sites for hydroxylation is 1. The van der Waals surface area contributed by atoms with Gasteiger partial charge < -0.3 is 61.1 Å². The van der Waals surface area contributed by atoms with Crippen molar-refractivity contribution >= 4 is 86.8 Å². The van der Waals surface area contributed by atoms with E-state index in [1.165, 1.54) is 48.2 Å². The van der Waals surface area contributed by atoms with Crippen molar-refractivity contribution in [3.8, 4) is 11.5 Å². The van der Waals surface area contributed by atoms with Crippen LogP contribution in [0.5, 0.6) is 11.5 Å². The number of amides is 7.